The van der Waals surface area contributed by atoms with Gasteiger partial charge in [0.1, 0.15) is 66.3 Å². The first kappa shape index (κ1) is 54.2. The van der Waals surface area contributed by atoms with Crippen molar-refractivity contribution in [3.63, 3.8) is 0 Å². The zero-order chi connectivity index (χ0) is 54.8. The Morgan fingerprint density at radius 1 is 0.724 bits per heavy atom. The predicted octanol–water partition coefficient (Wildman–Crippen LogP) is -4.57. The van der Waals surface area contributed by atoms with Gasteiger partial charge in [-0.25, -0.2) is 42.8 Å². The fraction of sp³-hybridized carbons (Fsp3) is 0.545. The van der Waals surface area contributed by atoms with Crippen LogP contribution in [0.25, 0.3) is 33.5 Å². The number of aromatic nitrogens is 12. The molecule has 17 atom stereocenters. The minimum Gasteiger partial charge on any atom is -0.387 e. The molecule has 76 heavy (non-hydrogen) atoms. The van der Waals surface area contributed by atoms with Crippen LogP contribution in [0.2, 0.25) is 0 Å². The smallest absolute Gasteiger partial charge is 0.387 e. The molecule has 10 heterocycles. The van der Waals surface area contributed by atoms with Gasteiger partial charge < -0.3 is 76.1 Å². The molecular formula is C33H44N15O24P4+. The average Bonchev–Trinajstić information content (AvgIpc) is 4.23. The summed E-state index contributed by atoms with van der Waals surface area (Å²) in [5, 5.41) is 43.3. The number of aryl methyl sites for hydroxylation is 1. The van der Waals surface area contributed by atoms with Crippen LogP contribution in [0.3, 0.4) is 0 Å². The summed E-state index contributed by atoms with van der Waals surface area (Å²) in [6.45, 7) is -2.12. The van der Waals surface area contributed by atoms with Crippen molar-refractivity contribution in [2.75, 3.05) is 37.0 Å². The van der Waals surface area contributed by atoms with E-state index in [9.17, 15) is 67.8 Å². The number of phosphoric acid groups is 4. The van der Waals surface area contributed by atoms with Crippen molar-refractivity contribution in [3.05, 3.63) is 46.0 Å². The van der Waals surface area contributed by atoms with Crippen molar-refractivity contribution in [1.29, 1.82) is 0 Å². The van der Waals surface area contributed by atoms with Crippen LogP contribution < -0.4 is 32.9 Å². The molecule has 0 aliphatic carbocycles. The molecule has 6 aromatic rings. The maximum Gasteiger partial charge on any atom is 0.490 e. The number of aliphatic hydroxyl groups excluding tert-OH is 4. The highest BCUT2D eigenvalue weighted by molar-refractivity contribution is 7.66. The number of aliphatic hydroxyl groups is 4. The zero-order valence-electron chi connectivity index (χ0n) is 38.5. The first-order chi connectivity index (χ1) is 35.6. The van der Waals surface area contributed by atoms with E-state index in [0.29, 0.717) is 0 Å². The van der Waals surface area contributed by atoms with Crippen molar-refractivity contribution < 1.29 is 108 Å². The number of nitrogens with zero attached hydrogens (tertiary/aromatic N) is 10. The molecule has 0 aromatic carbocycles. The molecule has 4 unspecified atom stereocenters. The number of hydrogen-bond acceptors (Lipinski definition) is 29. The quantitative estimate of drug-likeness (QED) is 0.0285. The molecule has 43 heteroatoms. The highest BCUT2D eigenvalue weighted by Gasteiger charge is 2.69. The van der Waals surface area contributed by atoms with Gasteiger partial charge in [0.25, 0.3) is 17.1 Å². The van der Waals surface area contributed by atoms with Crippen LogP contribution in [0.15, 0.2) is 34.9 Å². The van der Waals surface area contributed by atoms with E-state index in [-0.39, 0.29) is 51.2 Å². The fourth-order valence-corrected chi connectivity index (χ4v) is 13.6. The Morgan fingerprint density at radius 3 is 2.04 bits per heavy atom. The number of hydrogen-bond donors (Lipinski definition) is 13. The molecule has 10 rings (SSSR count). The first-order valence-electron chi connectivity index (χ1n) is 21.7. The van der Waals surface area contributed by atoms with Crippen molar-refractivity contribution >= 4 is 82.5 Å². The molecule has 4 aliphatic heterocycles. The molecule has 4 fully saturated rings. The Kier molecular flexibility index (Phi) is 13.8. The highest BCUT2D eigenvalue weighted by atomic mass is 31.3. The van der Waals surface area contributed by atoms with Crippen LogP contribution in [-0.2, 0) is 71.0 Å². The van der Waals surface area contributed by atoms with E-state index in [1.807, 2.05) is 0 Å². The Hall–Kier alpha value is -5.15. The number of nitrogen functional groups attached to an aromatic ring is 3. The molecule has 414 valence electrons. The summed E-state index contributed by atoms with van der Waals surface area (Å²) in [7, 11) is -22.1. The molecule has 4 aliphatic rings. The lowest BCUT2D eigenvalue weighted by Gasteiger charge is -2.36. The lowest BCUT2D eigenvalue weighted by Crippen LogP contribution is -2.50. The van der Waals surface area contributed by atoms with E-state index in [2.05, 4.69) is 48.5 Å². The summed E-state index contributed by atoms with van der Waals surface area (Å²) in [6.07, 6.45) is -15.2. The van der Waals surface area contributed by atoms with Crippen molar-refractivity contribution in [1.82, 2.24) is 53.6 Å². The van der Waals surface area contributed by atoms with E-state index in [1.165, 1.54) is 29.4 Å². The highest BCUT2D eigenvalue weighted by Crippen LogP contribution is 2.68. The lowest BCUT2D eigenvalue weighted by atomic mass is 9.94. The Morgan fingerprint density at radius 2 is 1.33 bits per heavy atom. The third-order valence-corrected chi connectivity index (χ3v) is 17.7. The van der Waals surface area contributed by atoms with Gasteiger partial charge in [-0.1, -0.05) is 4.98 Å². The number of imidazole rings is 3. The zero-order valence-corrected chi connectivity index (χ0v) is 42.0. The van der Waals surface area contributed by atoms with Crippen LogP contribution in [-0.4, -0.2) is 174 Å². The van der Waals surface area contributed by atoms with Gasteiger partial charge in [0.15, 0.2) is 41.4 Å². The van der Waals surface area contributed by atoms with Crippen LogP contribution in [0.1, 0.15) is 25.6 Å². The second-order valence-corrected chi connectivity index (χ2v) is 23.4. The third-order valence-electron chi connectivity index (χ3n) is 12.5. The van der Waals surface area contributed by atoms with Crippen LogP contribution in [0, 0.1) is 0 Å². The van der Waals surface area contributed by atoms with Gasteiger partial charge in [0.2, 0.25) is 17.7 Å². The molecule has 39 nitrogen and oxygen atoms in total. The number of fused-ring (bicyclic) bond motifs is 5. The maximum absolute atomic E-state index is 13.8. The van der Waals surface area contributed by atoms with E-state index >= 15 is 0 Å². The van der Waals surface area contributed by atoms with E-state index < -0.39 is 141 Å². The summed E-state index contributed by atoms with van der Waals surface area (Å²) in [6, 6.07) is 0. The van der Waals surface area contributed by atoms with E-state index in [0.717, 1.165) is 28.1 Å². The standard InChI is InChI=1S/C33H43N15O24P4/c1-10-33(5-65-75(59,60)72-76(61,62)71-74(57,58)64-4-12-17(50)19(52)29(68-12)48-9-45(2)15-25(48)42-32(36)44-27(15)54)21(20(66-10)30(69-33)46-7-39-13-22(34)37-6-38-23(13)46)70-73(55,56)63-3-11-16(49)18(51)28(67-11)47-8-40-14-24(47)41-31(35)43-26(14)53/h6-12,16-21,28-30,49-52H,3-5H2,1-2H3,(H11-,34,35,36,37,38,41,42,43,44,53,54,55,56,57,58,59,60,61,62)/p+1/t10-,11+,12+,16+,17+,18+,19+,20+,21-,28+,29+,30+,33-/m0/s1. The molecule has 0 radical (unpaired) electrons. The number of H-pyrrole nitrogens is 2. The fourth-order valence-electron chi connectivity index (χ4n) is 9.05. The van der Waals surface area contributed by atoms with Crippen LogP contribution in [0.5, 0.6) is 0 Å². The SMILES string of the molecule is C[C@@H]1O[C@H]2[C@H](n3cnc4c(N)ncnc43)O[C@]1(COP(=O)(O)OP(=O)(O)OP(=O)(O)OC[C@H]1O[C@@H]([n+]3cn(C)c4c(=O)[nH]c(N)nc43)[C@H](O)[C@@H]1O)[C@H]2OP(=O)(O)OC[C@H]1O[C@@H](n2cnc3c(=O)[nH]c(N)nc32)[C@H](O)[C@@H]1O. The van der Waals surface area contributed by atoms with Gasteiger partial charge in [-0.3, -0.25) is 51.4 Å². The van der Waals surface area contributed by atoms with Gasteiger partial charge in [0, 0.05) is 0 Å². The molecule has 0 amide bonds. The number of anilines is 3. The van der Waals surface area contributed by atoms with Gasteiger partial charge in [-0.2, -0.15) is 13.6 Å². The summed E-state index contributed by atoms with van der Waals surface area (Å²) < 4.78 is 111. The minimum absolute atomic E-state index is 0.0211. The number of ether oxygens (including phenoxy) is 4. The Labute approximate surface area is 420 Å². The third kappa shape index (κ3) is 9.80. The van der Waals surface area contributed by atoms with Gasteiger partial charge >= 0.3 is 36.9 Å². The van der Waals surface area contributed by atoms with Crippen molar-refractivity contribution in [2.45, 2.75) is 86.1 Å². The van der Waals surface area contributed by atoms with Crippen LogP contribution >= 0.6 is 31.3 Å². The Bertz CT molecular complexity index is 3580. The number of rotatable bonds is 18. The molecule has 4 saturated heterocycles. The molecule has 6 aromatic heterocycles. The maximum atomic E-state index is 13.8. The largest absolute Gasteiger partial charge is 0.490 e. The average molecular weight is 1160 g/mol. The normalized spacial score (nSPS) is 32.8. The molecule has 16 N–H and O–H groups in total. The molecular weight excluding hydrogens is 1110 g/mol. The Balaban J connectivity index is 0.821. The van der Waals surface area contributed by atoms with Gasteiger partial charge in [-0.05, 0) is 6.92 Å². The van der Waals surface area contributed by atoms with E-state index in [4.69, 9.17) is 54.2 Å². The summed E-state index contributed by atoms with van der Waals surface area (Å²) in [5.74, 6) is -0.705. The number of nitrogens with one attached hydrogen (secondary N) is 2. The second kappa shape index (κ2) is 19.3. The monoisotopic (exact) mass is 1160 g/mol. The summed E-state index contributed by atoms with van der Waals surface area (Å²) in [4.78, 5) is 96.2. The summed E-state index contributed by atoms with van der Waals surface area (Å²) >= 11 is 0. The topological polar surface area (TPSA) is 562 Å². The minimum atomic E-state index is -6.23. The second-order valence-electron chi connectivity index (χ2n) is 17.3. The lowest BCUT2D eigenvalue weighted by molar-refractivity contribution is -0.745. The van der Waals surface area contributed by atoms with Crippen molar-refractivity contribution in [2.24, 2.45) is 7.05 Å². The number of aromatic amines is 2. The predicted molar refractivity (Wildman–Crippen MR) is 241 cm³/mol. The molecule has 0 spiro atoms. The van der Waals surface area contributed by atoms with E-state index in [1.54, 1.807) is 0 Å². The number of phosphoric ester groups is 3. The molecule has 2 bridgehead atoms. The van der Waals surface area contributed by atoms with Crippen LogP contribution in [0.4, 0.5) is 17.7 Å². The molecule has 0 saturated carbocycles. The van der Waals surface area contributed by atoms with Gasteiger partial charge in [-0.15, -0.1) is 0 Å². The summed E-state index contributed by atoms with van der Waals surface area (Å²) in [5.41, 5.74) is 13.2. The number of nitrogens with two attached hydrogens (primary N) is 3. The first-order valence-corrected chi connectivity index (χ1v) is 27.7. The van der Waals surface area contributed by atoms with Gasteiger partial charge in [0.05, 0.1) is 45.6 Å². The van der Waals surface area contributed by atoms with Crippen molar-refractivity contribution in [3.8, 4) is 0 Å².